The summed E-state index contributed by atoms with van der Waals surface area (Å²) in [6, 6.07) is 0. The number of rotatable bonds is 8. The van der Waals surface area contributed by atoms with Crippen molar-refractivity contribution in [3.8, 4) is 0 Å². The molecule has 0 saturated carbocycles. The van der Waals surface area contributed by atoms with Crippen molar-refractivity contribution < 1.29 is 18.1 Å². The van der Waals surface area contributed by atoms with Gasteiger partial charge in [-0.1, -0.05) is 0 Å². The van der Waals surface area contributed by atoms with Gasteiger partial charge in [0.2, 0.25) is 0 Å². The standard InChI is InChI=1S/C8H20NO4P/c1-5-11-14(10,12-6-2)13-8-7-9(3)4/h5-8H2,1-4H3. The lowest BCUT2D eigenvalue weighted by Gasteiger charge is -2.17. The smallest absolute Gasteiger partial charge is 0.307 e. The molecule has 6 heteroatoms. The van der Waals surface area contributed by atoms with Crippen LogP contribution in [0, 0.1) is 0 Å². The summed E-state index contributed by atoms with van der Waals surface area (Å²) in [6.45, 7) is 5.16. The molecule has 0 aromatic rings. The minimum Gasteiger partial charge on any atom is -0.307 e. The normalized spacial score (nSPS) is 12.4. The highest BCUT2D eigenvalue weighted by Gasteiger charge is 2.24. The van der Waals surface area contributed by atoms with Crippen LogP contribution in [0.5, 0.6) is 0 Å². The minimum absolute atomic E-state index is 0.319. The maximum Gasteiger partial charge on any atom is 0.474 e. The first-order valence-electron chi connectivity index (χ1n) is 4.72. The average Bonchev–Trinajstić information content (AvgIpc) is 2.03. The van der Waals surface area contributed by atoms with Gasteiger partial charge in [0.05, 0.1) is 19.8 Å². The van der Waals surface area contributed by atoms with Crippen LogP contribution < -0.4 is 0 Å². The Morgan fingerprint density at radius 1 is 1.07 bits per heavy atom. The third kappa shape index (κ3) is 6.51. The van der Waals surface area contributed by atoms with E-state index in [1.807, 2.05) is 19.0 Å². The summed E-state index contributed by atoms with van der Waals surface area (Å²) in [5.41, 5.74) is 0. The predicted molar refractivity (Wildman–Crippen MR) is 55.4 cm³/mol. The Kier molecular flexibility index (Phi) is 7.41. The zero-order valence-electron chi connectivity index (χ0n) is 9.36. The Morgan fingerprint density at radius 2 is 1.57 bits per heavy atom. The van der Waals surface area contributed by atoms with Crippen molar-refractivity contribution in [2.45, 2.75) is 13.8 Å². The van der Waals surface area contributed by atoms with Gasteiger partial charge < -0.3 is 4.90 Å². The van der Waals surface area contributed by atoms with Gasteiger partial charge in [-0.2, -0.15) is 0 Å². The molecule has 0 aromatic carbocycles. The first kappa shape index (κ1) is 14.1. The van der Waals surface area contributed by atoms with E-state index in [0.717, 1.165) is 0 Å². The molecule has 14 heavy (non-hydrogen) atoms. The zero-order chi connectivity index (χ0) is 11.0. The van der Waals surface area contributed by atoms with Crippen molar-refractivity contribution in [2.75, 3.05) is 40.5 Å². The minimum atomic E-state index is -3.30. The summed E-state index contributed by atoms with van der Waals surface area (Å²) >= 11 is 0. The second-order valence-electron chi connectivity index (χ2n) is 2.92. The molecule has 0 unspecified atom stereocenters. The van der Waals surface area contributed by atoms with Crippen molar-refractivity contribution in [1.29, 1.82) is 0 Å². The molecule has 0 aliphatic heterocycles. The lowest BCUT2D eigenvalue weighted by atomic mass is 10.6. The highest BCUT2D eigenvalue weighted by Crippen LogP contribution is 2.48. The summed E-state index contributed by atoms with van der Waals surface area (Å²) in [5, 5.41) is 0. The van der Waals surface area contributed by atoms with Crippen molar-refractivity contribution in [3.63, 3.8) is 0 Å². The average molecular weight is 225 g/mol. The first-order valence-corrected chi connectivity index (χ1v) is 6.18. The van der Waals surface area contributed by atoms with Gasteiger partial charge in [-0.15, -0.1) is 0 Å². The fourth-order valence-corrected chi connectivity index (χ4v) is 1.92. The summed E-state index contributed by atoms with van der Waals surface area (Å²) in [6.07, 6.45) is 0. The Bertz CT molecular complexity index is 176. The molecular weight excluding hydrogens is 205 g/mol. The molecular formula is C8H20NO4P. The molecule has 0 bridgehead atoms. The second kappa shape index (κ2) is 7.37. The van der Waals surface area contributed by atoms with Crippen LogP contribution in [0.25, 0.3) is 0 Å². The molecule has 0 fully saturated rings. The molecule has 0 rings (SSSR count). The molecule has 0 spiro atoms. The molecule has 0 atom stereocenters. The van der Waals surface area contributed by atoms with Gasteiger partial charge >= 0.3 is 7.82 Å². The molecule has 5 nitrogen and oxygen atoms in total. The number of likely N-dealkylation sites (N-methyl/N-ethyl adjacent to an activating group) is 1. The molecule has 0 heterocycles. The number of nitrogens with zero attached hydrogens (tertiary/aromatic N) is 1. The lowest BCUT2D eigenvalue weighted by Crippen LogP contribution is -2.18. The van der Waals surface area contributed by atoms with Gasteiger partial charge in [0.1, 0.15) is 0 Å². The maximum atomic E-state index is 11.7. The molecule has 0 aromatic heterocycles. The van der Waals surface area contributed by atoms with Crippen LogP contribution in [-0.2, 0) is 18.1 Å². The van der Waals surface area contributed by atoms with E-state index >= 15 is 0 Å². The van der Waals surface area contributed by atoms with Gasteiger partial charge in [-0.25, -0.2) is 4.57 Å². The largest absolute Gasteiger partial charge is 0.474 e. The van der Waals surface area contributed by atoms with E-state index < -0.39 is 7.82 Å². The third-order valence-corrected chi connectivity index (χ3v) is 3.01. The molecule has 0 aliphatic rings. The molecule has 0 radical (unpaired) electrons. The van der Waals surface area contributed by atoms with E-state index in [2.05, 4.69) is 0 Å². The van der Waals surface area contributed by atoms with Gasteiger partial charge in [0, 0.05) is 6.54 Å². The van der Waals surface area contributed by atoms with Crippen molar-refractivity contribution in [3.05, 3.63) is 0 Å². The van der Waals surface area contributed by atoms with E-state index in [9.17, 15) is 4.57 Å². The van der Waals surface area contributed by atoms with E-state index in [-0.39, 0.29) is 0 Å². The van der Waals surface area contributed by atoms with E-state index in [1.54, 1.807) is 13.8 Å². The van der Waals surface area contributed by atoms with Gasteiger partial charge in [0.15, 0.2) is 0 Å². The highest BCUT2D eigenvalue weighted by atomic mass is 31.2. The monoisotopic (exact) mass is 225 g/mol. The van der Waals surface area contributed by atoms with Crippen LogP contribution in [0.1, 0.15) is 13.8 Å². The SMILES string of the molecule is CCOP(=O)(OCC)OCCN(C)C. The molecule has 0 aliphatic carbocycles. The van der Waals surface area contributed by atoms with Crippen LogP contribution in [0.2, 0.25) is 0 Å². The highest BCUT2D eigenvalue weighted by molar-refractivity contribution is 7.48. The summed E-state index contributed by atoms with van der Waals surface area (Å²) < 4.78 is 26.7. The van der Waals surface area contributed by atoms with Crippen LogP contribution in [0.4, 0.5) is 0 Å². The summed E-state index contributed by atoms with van der Waals surface area (Å²) in [4.78, 5) is 1.93. The van der Waals surface area contributed by atoms with Crippen LogP contribution in [0.3, 0.4) is 0 Å². The number of phosphoric acid groups is 1. The van der Waals surface area contributed by atoms with Gasteiger partial charge in [-0.3, -0.25) is 13.6 Å². The Balaban J connectivity index is 3.90. The van der Waals surface area contributed by atoms with Crippen LogP contribution in [0.15, 0.2) is 0 Å². The third-order valence-electron chi connectivity index (χ3n) is 1.36. The zero-order valence-corrected chi connectivity index (χ0v) is 10.3. The topological polar surface area (TPSA) is 48.0 Å². The lowest BCUT2D eigenvalue weighted by molar-refractivity contribution is 0.115. The molecule has 0 saturated heterocycles. The fraction of sp³-hybridized carbons (Fsp3) is 1.00. The van der Waals surface area contributed by atoms with E-state index in [4.69, 9.17) is 13.6 Å². The number of hydrogen-bond acceptors (Lipinski definition) is 5. The maximum absolute atomic E-state index is 11.7. The van der Waals surface area contributed by atoms with Gasteiger partial charge in [-0.05, 0) is 27.9 Å². The summed E-state index contributed by atoms with van der Waals surface area (Å²) in [7, 11) is 0.522. The van der Waals surface area contributed by atoms with Crippen molar-refractivity contribution >= 4 is 7.82 Å². The Labute approximate surface area is 85.9 Å². The molecule has 0 amide bonds. The number of hydrogen-bond donors (Lipinski definition) is 0. The van der Waals surface area contributed by atoms with Crippen molar-refractivity contribution in [2.24, 2.45) is 0 Å². The first-order chi connectivity index (χ1) is 6.54. The van der Waals surface area contributed by atoms with E-state index in [1.165, 1.54) is 0 Å². The van der Waals surface area contributed by atoms with Crippen LogP contribution >= 0.6 is 7.82 Å². The number of phosphoric ester groups is 1. The van der Waals surface area contributed by atoms with Crippen LogP contribution in [-0.4, -0.2) is 45.4 Å². The summed E-state index contributed by atoms with van der Waals surface area (Å²) in [5.74, 6) is 0. The van der Waals surface area contributed by atoms with E-state index in [0.29, 0.717) is 26.4 Å². The Morgan fingerprint density at radius 3 is 1.93 bits per heavy atom. The predicted octanol–water partition coefficient (Wildman–Crippen LogP) is 1.75. The quantitative estimate of drug-likeness (QED) is 0.589. The van der Waals surface area contributed by atoms with Crippen molar-refractivity contribution in [1.82, 2.24) is 4.90 Å². The fourth-order valence-electron chi connectivity index (χ4n) is 0.763. The molecule has 0 N–H and O–H groups in total. The second-order valence-corrected chi connectivity index (χ2v) is 4.59. The molecule has 86 valence electrons. The van der Waals surface area contributed by atoms with Gasteiger partial charge in [0.25, 0.3) is 0 Å². The Hall–Kier alpha value is 0.0700.